The molecule has 0 aromatic carbocycles. The normalized spacial score (nSPS) is 12.9. The second kappa shape index (κ2) is 7.34. The van der Waals surface area contributed by atoms with Gasteiger partial charge in [0.2, 0.25) is 5.76 Å². The number of nitrogens with one attached hydrogen (secondary N) is 1. The van der Waals surface area contributed by atoms with Gasteiger partial charge in [-0.25, -0.2) is 4.79 Å². The van der Waals surface area contributed by atoms with Crippen LogP contribution >= 0.6 is 0 Å². The number of aromatic carboxylic acids is 1. The third kappa shape index (κ3) is 5.47. The quantitative estimate of drug-likeness (QED) is 0.755. The fourth-order valence-corrected chi connectivity index (χ4v) is 2.06. The van der Waals surface area contributed by atoms with Crippen molar-refractivity contribution in [1.82, 2.24) is 5.32 Å². The Hall–Kier alpha value is -1.29. The molecule has 0 bridgehead atoms. The lowest BCUT2D eigenvalue weighted by Crippen LogP contribution is -2.25. The van der Waals surface area contributed by atoms with Crippen LogP contribution in [0.1, 0.15) is 61.9 Å². The molecule has 0 fully saturated rings. The second-order valence-electron chi connectivity index (χ2n) is 5.64. The van der Waals surface area contributed by atoms with E-state index in [-0.39, 0.29) is 5.76 Å². The number of carboxylic acid groups (broad SMARTS) is 1. The summed E-state index contributed by atoms with van der Waals surface area (Å²) in [6, 6.07) is 2.20. The molecule has 0 radical (unpaired) electrons. The van der Waals surface area contributed by atoms with Gasteiger partial charge in [0.05, 0.1) is 6.54 Å². The summed E-state index contributed by atoms with van der Waals surface area (Å²) in [5.41, 5.74) is 0.678. The van der Waals surface area contributed by atoms with Gasteiger partial charge in [-0.15, -0.1) is 0 Å². The lowest BCUT2D eigenvalue weighted by atomic mass is 10.0. The molecule has 4 heteroatoms. The second-order valence-corrected chi connectivity index (χ2v) is 5.64. The first-order chi connectivity index (χ1) is 8.90. The van der Waals surface area contributed by atoms with E-state index in [0.29, 0.717) is 23.9 Å². The van der Waals surface area contributed by atoms with Gasteiger partial charge in [-0.1, -0.05) is 26.7 Å². The first-order valence-electron chi connectivity index (χ1n) is 6.96. The minimum absolute atomic E-state index is 0.0456. The van der Waals surface area contributed by atoms with Crippen molar-refractivity contribution in [3.05, 3.63) is 23.2 Å². The number of hydrogen-bond donors (Lipinski definition) is 2. The topological polar surface area (TPSA) is 62.5 Å². The van der Waals surface area contributed by atoms with Crippen molar-refractivity contribution in [3.63, 3.8) is 0 Å². The largest absolute Gasteiger partial charge is 0.475 e. The molecule has 1 aromatic heterocycles. The molecule has 1 heterocycles. The maximum Gasteiger partial charge on any atom is 0.372 e. The van der Waals surface area contributed by atoms with Crippen LogP contribution in [0, 0.1) is 12.8 Å². The molecule has 0 saturated carbocycles. The van der Waals surface area contributed by atoms with E-state index in [9.17, 15) is 4.79 Å². The third-order valence-corrected chi connectivity index (χ3v) is 3.21. The average molecular weight is 267 g/mol. The zero-order chi connectivity index (χ0) is 14.4. The van der Waals surface area contributed by atoms with E-state index in [0.717, 1.165) is 12.3 Å². The predicted molar refractivity (Wildman–Crippen MR) is 75.4 cm³/mol. The summed E-state index contributed by atoms with van der Waals surface area (Å²) in [5.74, 6) is 0.474. The van der Waals surface area contributed by atoms with Crippen molar-refractivity contribution in [1.29, 1.82) is 0 Å². The number of carbonyl (C=O) groups is 1. The highest BCUT2D eigenvalue weighted by Gasteiger charge is 2.14. The summed E-state index contributed by atoms with van der Waals surface area (Å²) in [6.07, 6.45) is 3.59. The van der Waals surface area contributed by atoms with Crippen LogP contribution in [0.5, 0.6) is 0 Å². The van der Waals surface area contributed by atoms with Gasteiger partial charge in [-0.2, -0.15) is 0 Å². The molecule has 1 rings (SSSR count). The standard InChI is InChI=1S/C15H25NO3/c1-10(2)6-5-7-12(4)16-9-13-8-11(3)14(19-13)15(17)18/h8,10,12,16H,5-7,9H2,1-4H3,(H,17,18). The first kappa shape index (κ1) is 15.8. The third-order valence-electron chi connectivity index (χ3n) is 3.21. The summed E-state index contributed by atoms with van der Waals surface area (Å²) < 4.78 is 5.31. The van der Waals surface area contributed by atoms with Crippen molar-refractivity contribution in [2.24, 2.45) is 5.92 Å². The van der Waals surface area contributed by atoms with Gasteiger partial charge in [0.15, 0.2) is 0 Å². The number of furan rings is 1. The van der Waals surface area contributed by atoms with Crippen molar-refractivity contribution < 1.29 is 14.3 Å². The molecule has 0 aliphatic rings. The molecule has 0 amide bonds. The lowest BCUT2D eigenvalue weighted by Gasteiger charge is -2.13. The molecule has 2 N–H and O–H groups in total. The monoisotopic (exact) mass is 267 g/mol. The Morgan fingerprint density at radius 1 is 1.37 bits per heavy atom. The van der Waals surface area contributed by atoms with E-state index >= 15 is 0 Å². The molecule has 1 aromatic rings. The Bertz CT molecular complexity index is 410. The fraction of sp³-hybridized carbons (Fsp3) is 0.667. The van der Waals surface area contributed by atoms with Gasteiger partial charge >= 0.3 is 5.97 Å². The van der Waals surface area contributed by atoms with Crippen LogP contribution < -0.4 is 5.32 Å². The summed E-state index contributed by atoms with van der Waals surface area (Å²) in [5, 5.41) is 12.3. The van der Waals surface area contributed by atoms with E-state index in [1.54, 1.807) is 13.0 Å². The van der Waals surface area contributed by atoms with Crippen molar-refractivity contribution in [3.8, 4) is 0 Å². The van der Waals surface area contributed by atoms with Gasteiger partial charge in [-0.3, -0.25) is 0 Å². The molecular formula is C15H25NO3. The SMILES string of the molecule is Cc1cc(CNC(C)CCCC(C)C)oc1C(=O)O. The Morgan fingerprint density at radius 2 is 2.05 bits per heavy atom. The van der Waals surface area contributed by atoms with E-state index in [2.05, 4.69) is 26.1 Å². The summed E-state index contributed by atoms with van der Waals surface area (Å²) in [4.78, 5) is 10.9. The highest BCUT2D eigenvalue weighted by atomic mass is 16.4. The van der Waals surface area contributed by atoms with Crippen LogP contribution in [-0.4, -0.2) is 17.1 Å². The fourth-order valence-electron chi connectivity index (χ4n) is 2.06. The molecule has 0 aliphatic carbocycles. The minimum Gasteiger partial charge on any atom is -0.475 e. The van der Waals surface area contributed by atoms with Crippen LogP contribution in [0.15, 0.2) is 10.5 Å². The number of carboxylic acids is 1. The number of rotatable bonds is 8. The molecular weight excluding hydrogens is 242 g/mol. The van der Waals surface area contributed by atoms with Crippen LogP contribution in [0.2, 0.25) is 0 Å². The van der Waals surface area contributed by atoms with Gasteiger partial charge in [0.25, 0.3) is 0 Å². The smallest absolute Gasteiger partial charge is 0.372 e. The summed E-state index contributed by atoms with van der Waals surface area (Å²) in [7, 11) is 0. The number of aryl methyl sites for hydroxylation is 1. The summed E-state index contributed by atoms with van der Waals surface area (Å²) in [6.45, 7) is 8.95. The van der Waals surface area contributed by atoms with Crippen LogP contribution in [0.4, 0.5) is 0 Å². The van der Waals surface area contributed by atoms with E-state index in [4.69, 9.17) is 9.52 Å². The Kier molecular flexibility index (Phi) is 6.09. The first-order valence-corrected chi connectivity index (χ1v) is 6.96. The molecule has 0 aliphatic heterocycles. The molecule has 4 nitrogen and oxygen atoms in total. The Labute approximate surface area is 115 Å². The van der Waals surface area contributed by atoms with E-state index in [1.807, 2.05) is 0 Å². The van der Waals surface area contributed by atoms with Crippen molar-refractivity contribution in [2.75, 3.05) is 0 Å². The van der Waals surface area contributed by atoms with Crippen LogP contribution in [-0.2, 0) is 6.54 Å². The maximum atomic E-state index is 10.9. The zero-order valence-electron chi connectivity index (χ0n) is 12.3. The van der Waals surface area contributed by atoms with Crippen molar-refractivity contribution in [2.45, 2.75) is 59.5 Å². The molecule has 1 atom stereocenters. The maximum absolute atomic E-state index is 10.9. The molecule has 19 heavy (non-hydrogen) atoms. The van der Waals surface area contributed by atoms with E-state index in [1.165, 1.54) is 12.8 Å². The molecule has 108 valence electrons. The van der Waals surface area contributed by atoms with Gasteiger partial charge in [0.1, 0.15) is 5.76 Å². The highest BCUT2D eigenvalue weighted by Crippen LogP contribution is 2.15. The Balaban J connectivity index is 2.36. The predicted octanol–water partition coefficient (Wildman–Crippen LogP) is 3.59. The van der Waals surface area contributed by atoms with Gasteiger partial charge in [-0.05, 0) is 32.3 Å². The molecule has 0 spiro atoms. The summed E-state index contributed by atoms with van der Waals surface area (Å²) >= 11 is 0. The molecule has 1 unspecified atom stereocenters. The zero-order valence-corrected chi connectivity index (χ0v) is 12.3. The van der Waals surface area contributed by atoms with Gasteiger partial charge < -0.3 is 14.8 Å². The molecule has 0 saturated heterocycles. The Morgan fingerprint density at radius 3 is 2.58 bits per heavy atom. The van der Waals surface area contributed by atoms with Crippen molar-refractivity contribution >= 4 is 5.97 Å². The lowest BCUT2D eigenvalue weighted by molar-refractivity contribution is 0.0659. The average Bonchev–Trinajstić information content (AvgIpc) is 2.67. The number of hydrogen-bond acceptors (Lipinski definition) is 3. The van der Waals surface area contributed by atoms with E-state index < -0.39 is 5.97 Å². The van der Waals surface area contributed by atoms with Crippen LogP contribution in [0.3, 0.4) is 0 Å². The van der Waals surface area contributed by atoms with Gasteiger partial charge in [0, 0.05) is 11.6 Å². The minimum atomic E-state index is -1.01. The highest BCUT2D eigenvalue weighted by molar-refractivity contribution is 5.86. The van der Waals surface area contributed by atoms with Crippen LogP contribution in [0.25, 0.3) is 0 Å².